The Hall–Kier alpha value is -3.62. The molecule has 6 rings (SSSR count). The summed E-state index contributed by atoms with van der Waals surface area (Å²) >= 11 is 0. The van der Waals surface area contributed by atoms with Gasteiger partial charge in [-0.2, -0.15) is 5.10 Å². The van der Waals surface area contributed by atoms with Crippen LogP contribution in [0.2, 0.25) is 0 Å². The topological polar surface area (TPSA) is 80.1 Å². The largest absolute Gasteiger partial charge is 0.344 e. The minimum atomic E-state index is -2.64. The molecule has 0 bridgehead atoms. The van der Waals surface area contributed by atoms with Crippen LogP contribution >= 0.6 is 0 Å². The molecule has 3 aromatic rings. The average Bonchev–Trinajstić information content (AvgIpc) is 3.72. The number of aryl methyl sites for hydroxylation is 1. The van der Waals surface area contributed by atoms with E-state index in [-0.39, 0.29) is 41.9 Å². The van der Waals surface area contributed by atoms with E-state index in [2.05, 4.69) is 27.5 Å². The summed E-state index contributed by atoms with van der Waals surface area (Å²) in [7, 11) is 0. The van der Waals surface area contributed by atoms with Crippen LogP contribution in [0.1, 0.15) is 101 Å². The summed E-state index contributed by atoms with van der Waals surface area (Å²) in [5.74, 6) is 0.187. The van der Waals surface area contributed by atoms with Gasteiger partial charge in [0.2, 0.25) is 5.91 Å². The number of rotatable bonds is 7. The molecular formula is C30H33F2N5O2. The van der Waals surface area contributed by atoms with Gasteiger partial charge in [0, 0.05) is 30.9 Å². The Kier molecular flexibility index (Phi) is 7.14. The van der Waals surface area contributed by atoms with Gasteiger partial charge in [0.25, 0.3) is 12.3 Å². The lowest BCUT2D eigenvalue weighted by atomic mass is 9.87. The molecule has 0 unspecified atom stereocenters. The van der Waals surface area contributed by atoms with Crippen molar-refractivity contribution in [3.63, 3.8) is 0 Å². The van der Waals surface area contributed by atoms with Gasteiger partial charge in [-0.25, -0.2) is 8.78 Å². The van der Waals surface area contributed by atoms with Crippen LogP contribution in [0.5, 0.6) is 0 Å². The zero-order valence-corrected chi connectivity index (χ0v) is 21.9. The molecule has 9 heteroatoms. The number of benzene rings is 1. The minimum absolute atomic E-state index is 0.00542. The smallest absolute Gasteiger partial charge is 0.282 e. The molecule has 1 atom stereocenters. The van der Waals surface area contributed by atoms with Gasteiger partial charge >= 0.3 is 0 Å². The molecule has 1 saturated carbocycles. The van der Waals surface area contributed by atoms with Crippen LogP contribution in [0.3, 0.4) is 0 Å². The van der Waals surface area contributed by atoms with E-state index < -0.39 is 6.43 Å². The van der Waals surface area contributed by atoms with Crippen molar-refractivity contribution in [2.75, 3.05) is 13.1 Å². The minimum Gasteiger partial charge on any atom is -0.344 e. The second-order valence-electron chi connectivity index (χ2n) is 11.0. The summed E-state index contributed by atoms with van der Waals surface area (Å²) in [6, 6.07) is 13.6. The number of nitrogens with zero attached hydrogens (tertiary/aromatic N) is 4. The lowest BCUT2D eigenvalue weighted by Crippen LogP contribution is -2.40. The maximum Gasteiger partial charge on any atom is 0.282 e. The van der Waals surface area contributed by atoms with E-state index in [1.807, 2.05) is 24.3 Å². The Labute approximate surface area is 226 Å². The van der Waals surface area contributed by atoms with Gasteiger partial charge in [-0.05, 0) is 85.8 Å². The van der Waals surface area contributed by atoms with E-state index in [1.54, 1.807) is 11.1 Å². The van der Waals surface area contributed by atoms with Crippen LogP contribution < -0.4 is 5.32 Å². The molecule has 2 aromatic heterocycles. The molecule has 0 radical (unpaired) electrons. The van der Waals surface area contributed by atoms with Crippen molar-refractivity contribution in [2.45, 2.75) is 75.8 Å². The second-order valence-corrected chi connectivity index (χ2v) is 11.0. The predicted molar refractivity (Wildman–Crippen MR) is 142 cm³/mol. The van der Waals surface area contributed by atoms with Crippen molar-refractivity contribution in [3.05, 3.63) is 82.4 Å². The highest BCUT2D eigenvalue weighted by atomic mass is 19.3. The third-order valence-electron chi connectivity index (χ3n) is 8.34. The number of aromatic nitrogens is 3. The molecule has 1 saturated heterocycles. The highest BCUT2D eigenvalue weighted by Gasteiger charge is 2.32. The maximum absolute atomic E-state index is 13.2. The SMILES string of the molecule is O=C(N[C@@H]1CCCc2ccccc21)c1cc(C2CCN(C(=O)Cn3nc(C(F)F)cc3C3CC3)CC2)ccn1. The van der Waals surface area contributed by atoms with Crippen LogP contribution in [0.15, 0.2) is 48.7 Å². The molecule has 204 valence electrons. The summed E-state index contributed by atoms with van der Waals surface area (Å²) in [6.45, 7) is 1.15. The van der Waals surface area contributed by atoms with E-state index in [9.17, 15) is 18.4 Å². The number of carbonyl (C=O) groups is 2. The first-order valence-corrected chi connectivity index (χ1v) is 13.9. The number of nitrogens with one attached hydrogen (secondary N) is 1. The van der Waals surface area contributed by atoms with Gasteiger partial charge in [-0.15, -0.1) is 0 Å². The molecule has 1 N–H and O–H groups in total. The average molecular weight is 534 g/mol. The fourth-order valence-corrected chi connectivity index (χ4v) is 6.04. The van der Waals surface area contributed by atoms with Crippen molar-refractivity contribution < 1.29 is 18.4 Å². The Bertz CT molecular complexity index is 1360. The Balaban J connectivity index is 1.06. The molecule has 39 heavy (non-hydrogen) atoms. The lowest BCUT2D eigenvalue weighted by molar-refractivity contribution is -0.133. The maximum atomic E-state index is 13.2. The summed E-state index contributed by atoms with van der Waals surface area (Å²) < 4.78 is 27.9. The van der Waals surface area contributed by atoms with Crippen molar-refractivity contribution >= 4 is 11.8 Å². The van der Waals surface area contributed by atoms with Crippen molar-refractivity contribution in [1.29, 1.82) is 0 Å². The lowest BCUT2D eigenvalue weighted by Gasteiger charge is -2.32. The first kappa shape index (κ1) is 25.6. The second kappa shape index (κ2) is 10.9. The zero-order chi connectivity index (χ0) is 26.9. The number of fused-ring (bicyclic) bond motifs is 1. The Morgan fingerprint density at radius 3 is 2.56 bits per heavy atom. The first-order chi connectivity index (χ1) is 19.0. The monoisotopic (exact) mass is 533 g/mol. The van der Waals surface area contributed by atoms with Crippen molar-refractivity contribution in [3.8, 4) is 0 Å². The fraction of sp³-hybridized carbons (Fsp3) is 0.467. The number of hydrogen-bond acceptors (Lipinski definition) is 4. The number of halogens is 2. The number of pyridine rings is 1. The van der Waals surface area contributed by atoms with Crippen LogP contribution in [-0.4, -0.2) is 44.6 Å². The Morgan fingerprint density at radius 2 is 1.79 bits per heavy atom. The van der Waals surface area contributed by atoms with Gasteiger partial charge in [0.15, 0.2) is 0 Å². The van der Waals surface area contributed by atoms with Crippen LogP contribution in [0, 0.1) is 0 Å². The molecule has 2 amide bonds. The van der Waals surface area contributed by atoms with Crippen molar-refractivity contribution in [1.82, 2.24) is 25.0 Å². The third kappa shape index (κ3) is 5.58. The number of likely N-dealkylation sites (tertiary alicyclic amines) is 1. The third-order valence-corrected chi connectivity index (χ3v) is 8.34. The van der Waals surface area contributed by atoms with Crippen LogP contribution in [-0.2, 0) is 17.8 Å². The highest BCUT2D eigenvalue weighted by molar-refractivity contribution is 5.92. The molecule has 3 aliphatic rings. The van der Waals surface area contributed by atoms with E-state index in [1.165, 1.54) is 21.9 Å². The van der Waals surface area contributed by atoms with E-state index >= 15 is 0 Å². The number of hydrogen-bond donors (Lipinski definition) is 1. The number of amides is 2. The zero-order valence-electron chi connectivity index (χ0n) is 21.9. The molecule has 7 nitrogen and oxygen atoms in total. The van der Waals surface area contributed by atoms with E-state index in [0.717, 1.165) is 56.2 Å². The van der Waals surface area contributed by atoms with E-state index in [0.29, 0.717) is 18.8 Å². The molecule has 2 aliphatic carbocycles. The standard InChI is InChI=1S/C30H33F2N5O2/c31-29(32)25-17-27(21-8-9-21)37(35-25)18-28(38)36-14-11-19(12-15-36)22-10-13-33-26(16-22)30(39)34-24-7-3-5-20-4-1-2-6-23(20)24/h1-2,4,6,10,13,16-17,19,21,24,29H,3,5,7-9,11-12,14-15,18H2,(H,34,39)/t24-/m1/s1. The summed E-state index contributed by atoms with van der Waals surface area (Å²) in [5, 5.41) is 7.21. The normalized spacial score (nSPS) is 19.7. The van der Waals surface area contributed by atoms with Gasteiger partial charge in [0.1, 0.15) is 17.9 Å². The Morgan fingerprint density at radius 1 is 1.00 bits per heavy atom. The van der Waals surface area contributed by atoms with Gasteiger partial charge < -0.3 is 10.2 Å². The quantitative estimate of drug-likeness (QED) is 0.447. The fourth-order valence-electron chi connectivity index (χ4n) is 6.04. The first-order valence-electron chi connectivity index (χ1n) is 13.9. The number of piperidine rings is 1. The van der Waals surface area contributed by atoms with Crippen molar-refractivity contribution in [2.24, 2.45) is 0 Å². The molecule has 0 spiro atoms. The van der Waals surface area contributed by atoms with Crippen LogP contribution in [0.4, 0.5) is 8.78 Å². The number of alkyl halides is 2. The van der Waals surface area contributed by atoms with Gasteiger partial charge in [-0.3, -0.25) is 19.3 Å². The number of carbonyl (C=O) groups excluding carboxylic acids is 2. The van der Waals surface area contributed by atoms with Gasteiger partial charge in [0.05, 0.1) is 6.04 Å². The summed E-state index contributed by atoms with van der Waals surface area (Å²) in [6.07, 6.45) is 5.49. The molecule has 2 fully saturated rings. The highest BCUT2D eigenvalue weighted by Crippen LogP contribution is 2.41. The van der Waals surface area contributed by atoms with Crippen LogP contribution in [0.25, 0.3) is 0 Å². The van der Waals surface area contributed by atoms with E-state index in [4.69, 9.17) is 0 Å². The summed E-state index contributed by atoms with van der Waals surface area (Å²) in [5.41, 5.74) is 4.44. The molecule has 1 aliphatic heterocycles. The molecule has 3 heterocycles. The van der Waals surface area contributed by atoms with Gasteiger partial charge in [-0.1, -0.05) is 24.3 Å². The predicted octanol–water partition coefficient (Wildman–Crippen LogP) is 5.31. The molecule has 1 aromatic carbocycles. The molecular weight excluding hydrogens is 500 g/mol. The summed E-state index contributed by atoms with van der Waals surface area (Å²) in [4.78, 5) is 32.3.